The number of guanidine groups is 1. The van der Waals surface area contributed by atoms with E-state index in [1.807, 2.05) is 19.1 Å². The first-order valence-corrected chi connectivity index (χ1v) is 10.6. The van der Waals surface area contributed by atoms with Gasteiger partial charge in [-0.3, -0.25) is 4.99 Å². The van der Waals surface area contributed by atoms with E-state index in [4.69, 9.17) is 9.47 Å². The number of hydrogen-bond donors (Lipinski definition) is 2. The number of nitrogens with zero attached hydrogens (tertiary/aromatic N) is 2. The van der Waals surface area contributed by atoms with Gasteiger partial charge in [-0.25, -0.2) is 4.98 Å². The van der Waals surface area contributed by atoms with Gasteiger partial charge < -0.3 is 20.1 Å². The first-order valence-electron chi connectivity index (χ1n) is 9.80. The maximum absolute atomic E-state index is 6.11. The molecule has 1 aromatic heterocycles. The summed E-state index contributed by atoms with van der Waals surface area (Å²) in [7, 11) is 3.46. The summed E-state index contributed by atoms with van der Waals surface area (Å²) in [5.74, 6) is 2.36. The van der Waals surface area contributed by atoms with E-state index in [1.165, 1.54) is 17.7 Å². The van der Waals surface area contributed by atoms with Crippen molar-refractivity contribution in [3.8, 4) is 11.5 Å². The normalized spacial score (nSPS) is 14.4. The second-order valence-corrected chi connectivity index (χ2v) is 8.33. The maximum Gasteiger partial charge on any atom is 0.191 e. The molecule has 3 rings (SSSR count). The highest BCUT2D eigenvalue weighted by Crippen LogP contribution is 2.32. The van der Waals surface area contributed by atoms with Crippen LogP contribution in [0.5, 0.6) is 11.5 Å². The molecule has 0 radical (unpaired) electrons. The number of rotatable bonds is 7. The third kappa shape index (κ3) is 6.74. The third-order valence-corrected chi connectivity index (χ3v) is 6.06. The van der Waals surface area contributed by atoms with E-state index in [1.54, 1.807) is 25.5 Å². The van der Waals surface area contributed by atoms with Crippen molar-refractivity contribution in [3.63, 3.8) is 0 Å². The highest BCUT2D eigenvalue weighted by atomic mass is 127. The molecule has 1 aliphatic rings. The topological polar surface area (TPSA) is 67.8 Å². The Morgan fingerprint density at radius 2 is 1.90 bits per heavy atom. The van der Waals surface area contributed by atoms with Crippen LogP contribution in [0.2, 0.25) is 0 Å². The zero-order valence-electron chi connectivity index (χ0n) is 17.6. The molecule has 160 valence electrons. The summed E-state index contributed by atoms with van der Waals surface area (Å²) in [6, 6.07) is 6.10. The molecule has 6 nitrogen and oxygen atoms in total. The molecule has 1 aliphatic carbocycles. The lowest BCUT2D eigenvalue weighted by Gasteiger charge is -2.17. The van der Waals surface area contributed by atoms with Gasteiger partial charge in [0.1, 0.15) is 5.01 Å². The first-order chi connectivity index (χ1) is 13.6. The maximum atomic E-state index is 6.11. The quantitative estimate of drug-likeness (QED) is 0.312. The Labute approximate surface area is 194 Å². The average Bonchev–Trinajstić information content (AvgIpc) is 3.32. The minimum atomic E-state index is 0. The van der Waals surface area contributed by atoms with E-state index in [2.05, 4.69) is 33.6 Å². The number of aliphatic imine (C=N–C) groups is 1. The van der Waals surface area contributed by atoms with Gasteiger partial charge in [-0.15, -0.1) is 35.3 Å². The number of hydrogen-bond acceptors (Lipinski definition) is 5. The fourth-order valence-corrected chi connectivity index (χ4v) is 4.16. The van der Waals surface area contributed by atoms with E-state index in [9.17, 15) is 0 Å². The Balaban J connectivity index is 0.00000300. The molecule has 1 fully saturated rings. The van der Waals surface area contributed by atoms with Crippen LogP contribution in [0.3, 0.4) is 0 Å². The fraction of sp³-hybridized carbons (Fsp3) is 0.524. The van der Waals surface area contributed by atoms with E-state index >= 15 is 0 Å². The number of methoxy groups -OCH3 is 1. The summed E-state index contributed by atoms with van der Waals surface area (Å²) in [5, 5.41) is 7.72. The molecule has 0 unspecified atom stereocenters. The van der Waals surface area contributed by atoms with Gasteiger partial charge in [0.25, 0.3) is 0 Å². The second kappa shape index (κ2) is 11.6. The van der Waals surface area contributed by atoms with Gasteiger partial charge in [0.2, 0.25) is 0 Å². The molecule has 0 bridgehead atoms. The molecule has 1 aromatic carbocycles. The molecular formula is C21H31IN4O2S. The van der Waals surface area contributed by atoms with E-state index in [-0.39, 0.29) is 24.0 Å². The van der Waals surface area contributed by atoms with Gasteiger partial charge >= 0.3 is 0 Å². The standard InChI is InChI=1S/C21H30N4O2S.HI/c1-14-15(2)28-20(25-14)13-24-21(22-3)23-12-16-9-10-18(19(11-16)26-4)27-17-7-5-6-8-17;/h9-11,17H,5-8,12-13H2,1-4H3,(H2,22,23,24);1H. The molecule has 0 atom stereocenters. The van der Waals surface area contributed by atoms with E-state index in [0.29, 0.717) is 19.2 Å². The Hall–Kier alpha value is -1.55. The number of ether oxygens (including phenoxy) is 2. The van der Waals surface area contributed by atoms with Gasteiger partial charge in [-0.1, -0.05) is 6.07 Å². The van der Waals surface area contributed by atoms with Crippen molar-refractivity contribution in [2.24, 2.45) is 4.99 Å². The van der Waals surface area contributed by atoms with Crippen molar-refractivity contribution in [2.45, 2.75) is 58.7 Å². The zero-order valence-corrected chi connectivity index (χ0v) is 20.7. The molecule has 29 heavy (non-hydrogen) atoms. The number of benzene rings is 1. The van der Waals surface area contributed by atoms with Crippen molar-refractivity contribution in [1.82, 2.24) is 15.6 Å². The third-order valence-electron chi connectivity index (χ3n) is 4.99. The molecule has 0 spiro atoms. The van der Waals surface area contributed by atoms with Gasteiger partial charge in [0.15, 0.2) is 17.5 Å². The largest absolute Gasteiger partial charge is 0.493 e. The Morgan fingerprint density at radius 1 is 1.17 bits per heavy atom. The molecule has 8 heteroatoms. The van der Waals surface area contributed by atoms with Gasteiger partial charge in [0, 0.05) is 18.5 Å². The average molecular weight is 530 g/mol. The SMILES string of the molecule is CN=C(NCc1ccc(OC2CCCC2)c(OC)c1)NCc1nc(C)c(C)s1.I. The van der Waals surface area contributed by atoms with E-state index in [0.717, 1.165) is 46.6 Å². The number of nitrogens with one attached hydrogen (secondary N) is 2. The number of aromatic nitrogens is 1. The van der Waals surface area contributed by atoms with E-state index < -0.39 is 0 Å². The van der Waals surface area contributed by atoms with Crippen molar-refractivity contribution in [1.29, 1.82) is 0 Å². The predicted molar refractivity (Wildman–Crippen MR) is 130 cm³/mol. The van der Waals surface area contributed by atoms with Crippen LogP contribution in [0.1, 0.15) is 46.8 Å². The summed E-state index contributed by atoms with van der Waals surface area (Å²) in [6.45, 7) is 5.44. The number of thiazole rings is 1. The van der Waals surface area contributed by atoms with Crippen LogP contribution in [-0.4, -0.2) is 31.2 Å². The molecule has 2 N–H and O–H groups in total. The predicted octanol–water partition coefficient (Wildman–Crippen LogP) is 4.57. The van der Waals surface area contributed by atoms with Crippen molar-refractivity contribution < 1.29 is 9.47 Å². The summed E-state index contributed by atoms with van der Waals surface area (Å²) < 4.78 is 11.7. The van der Waals surface area contributed by atoms with Crippen LogP contribution in [-0.2, 0) is 13.1 Å². The molecule has 0 saturated heterocycles. The molecular weight excluding hydrogens is 499 g/mol. The van der Waals surface area contributed by atoms with Crippen LogP contribution in [0.25, 0.3) is 0 Å². The lowest BCUT2D eigenvalue weighted by Crippen LogP contribution is -2.36. The van der Waals surface area contributed by atoms with Gasteiger partial charge in [-0.2, -0.15) is 0 Å². The molecule has 1 heterocycles. The lowest BCUT2D eigenvalue weighted by molar-refractivity contribution is 0.200. The van der Waals surface area contributed by atoms with Crippen LogP contribution in [0.15, 0.2) is 23.2 Å². The minimum Gasteiger partial charge on any atom is -0.493 e. The molecule has 1 saturated carbocycles. The van der Waals surface area contributed by atoms with Gasteiger partial charge in [-0.05, 0) is 57.2 Å². The number of halogens is 1. The Bertz CT molecular complexity index is 800. The van der Waals surface area contributed by atoms with Crippen molar-refractivity contribution >= 4 is 41.3 Å². The van der Waals surface area contributed by atoms with Gasteiger partial charge in [0.05, 0.1) is 25.5 Å². The number of aryl methyl sites for hydroxylation is 2. The summed E-state index contributed by atoms with van der Waals surface area (Å²) in [4.78, 5) is 10.1. The fourth-order valence-electron chi connectivity index (χ4n) is 3.29. The summed E-state index contributed by atoms with van der Waals surface area (Å²) in [6.07, 6.45) is 5.08. The highest BCUT2D eigenvalue weighted by Gasteiger charge is 2.18. The smallest absolute Gasteiger partial charge is 0.191 e. The molecule has 0 amide bonds. The minimum absolute atomic E-state index is 0. The highest BCUT2D eigenvalue weighted by molar-refractivity contribution is 14.0. The Morgan fingerprint density at radius 3 is 2.52 bits per heavy atom. The van der Waals surface area contributed by atoms with Crippen LogP contribution < -0.4 is 20.1 Å². The first kappa shape index (κ1) is 23.7. The second-order valence-electron chi connectivity index (χ2n) is 7.04. The zero-order chi connectivity index (χ0) is 19.9. The van der Waals surface area contributed by atoms with Crippen LogP contribution >= 0.6 is 35.3 Å². The van der Waals surface area contributed by atoms with Crippen molar-refractivity contribution in [2.75, 3.05) is 14.2 Å². The van der Waals surface area contributed by atoms with Crippen molar-refractivity contribution in [3.05, 3.63) is 39.3 Å². The van der Waals surface area contributed by atoms with Crippen LogP contribution in [0, 0.1) is 13.8 Å². The molecule has 2 aromatic rings. The lowest BCUT2D eigenvalue weighted by atomic mass is 10.2. The summed E-state index contributed by atoms with van der Waals surface area (Å²) in [5.41, 5.74) is 2.20. The molecule has 0 aliphatic heterocycles. The monoisotopic (exact) mass is 530 g/mol. The van der Waals surface area contributed by atoms with Crippen LogP contribution in [0.4, 0.5) is 0 Å². The Kier molecular flexibility index (Phi) is 9.48. The summed E-state index contributed by atoms with van der Waals surface area (Å²) >= 11 is 1.71.